The molecule has 0 aromatic carbocycles. The fraction of sp³-hybridized carbons (Fsp3) is 0.962. The summed E-state index contributed by atoms with van der Waals surface area (Å²) in [6, 6.07) is 0. The highest BCUT2D eigenvalue weighted by Crippen LogP contribution is 2.67. The maximum absolute atomic E-state index is 13.8. The molecule has 2 unspecified atom stereocenters. The molecule has 31 heavy (non-hydrogen) atoms. The molecule has 4 fully saturated rings. The Morgan fingerprint density at radius 2 is 1.71 bits per heavy atom. The molecule has 5 heteroatoms. The molecule has 0 spiro atoms. The van der Waals surface area contributed by atoms with Crippen molar-refractivity contribution in [2.24, 2.45) is 57.8 Å². The minimum absolute atomic E-state index is 0.176. The normalized spacial score (nSPS) is 47.2. The molecule has 0 amide bonds. The van der Waals surface area contributed by atoms with Crippen LogP contribution in [0.15, 0.2) is 0 Å². The smallest absolute Gasteiger partial charge is 0.139 e. The molecule has 178 valence electrons. The third-order valence-electron chi connectivity index (χ3n) is 10.3. The highest BCUT2D eigenvalue weighted by atomic mass is 16.5. The maximum Gasteiger partial charge on any atom is 0.139 e. The van der Waals surface area contributed by atoms with Crippen LogP contribution in [-0.2, 0) is 14.3 Å². The van der Waals surface area contributed by atoms with Crippen LogP contribution in [0.1, 0.15) is 72.6 Å². The Balaban J connectivity index is 1.65. The van der Waals surface area contributed by atoms with Crippen LogP contribution in [-0.4, -0.2) is 44.3 Å². The molecule has 0 heterocycles. The lowest BCUT2D eigenvalue weighted by Gasteiger charge is -2.62. The minimum atomic E-state index is -0.176. The molecule has 4 rings (SSSR count). The second kappa shape index (κ2) is 9.04. The van der Waals surface area contributed by atoms with Crippen molar-refractivity contribution in [1.29, 1.82) is 0 Å². The summed E-state index contributed by atoms with van der Waals surface area (Å²) in [5, 5.41) is 0. The molecule has 0 bridgehead atoms. The van der Waals surface area contributed by atoms with E-state index in [0.717, 1.165) is 32.1 Å². The number of carbonyl (C=O) groups is 1. The van der Waals surface area contributed by atoms with Gasteiger partial charge in [0.15, 0.2) is 0 Å². The lowest BCUT2D eigenvalue weighted by molar-refractivity contribution is -0.192. The molecule has 4 saturated carbocycles. The molecule has 4 aliphatic rings. The van der Waals surface area contributed by atoms with Crippen molar-refractivity contribution >= 4 is 5.78 Å². The lowest BCUT2D eigenvalue weighted by atomic mass is 9.43. The van der Waals surface area contributed by atoms with Gasteiger partial charge in [0.2, 0.25) is 0 Å². The van der Waals surface area contributed by atoms with Crippen molar-refractivity contribution in [2.75, 3.05) is 26.3 Å². The summed E-state index contributed by atoms with van der Waals surface area (Å²) in [5.74, 6) is 3.52. The van der Waals surface area contributed by atoms with Crippen LogP contribution >= 0.6 is 0 Å². The quantitative estimate of drug-likeness (QED) is 0.637. The van der Waals surface area contributed by atoms with Gasteiger partial charge >= 0.3 is 0 Å². The SMILES string of the molecule is CC(C)[C@H]1CC[C@H]2C3[C@H](OCCN)CC4C[C@H](OCCN)CC[C@]4(C)[C@H]3CC(=O)[C@]12C. The number of hydrogen-bond donors (Lipinski definition) is 2. The molecule has 0 saturated heterocycles. The molecule has 9 atom stereocenters. The predicted molar refractivity (Wildman–Crippen MR) is 123 cm³/mol. The van der Waals surface area contributed by atoms with E-state index in [1.807, 2.05) is 0 Å². The first kappa shape index (κ1) is 23.7. The molecule has 0 aromatic rings. The van der Waals surface area contributed by atoms with Crippen LogP contribution in [0.3, 0.4) is 0 Å². The van der Waals surface area contributed by atoms with Crippen molar-refractivity contribution in [3.63, 3.8) is 0 Å². The van der Waals surface area contributed by atoms with E-state index in [2.05, 4.69) is 27.7 Å². The number of carbonyl (C=O) groups excluding carboxylic acids is 1. The molecular formula is C26H46N2O3. The summed E-state index contributed by atoms with van der Waals surface area (Å²) in [7, 11) is 0. The summed E-state index contributed by atoms with van der Waals surface area (Å²) < 4.78 is 12.6. The zero-order chi connectivity index (χ0) is 22.4. The second-order valence-corrected chi connectivity index (χ2v) is 11.8. The average Bonchev–Trinajstić information content (AvgIpc) is 3.10. The van der Waals surface area contributed by atoms with Gasteiger partial charge in [-0.1, -0.05) is 27.7 Å². The van der Waals surface area contributed by atoms with Crippen LogP contribution in [0.25, 0.3) is 0 Å². The molecule has 4 N–H and O–H groups in total. The van der Waals surface area contributed by atoms with Gasteiger partial charge in [-0.3, -0.25) is 4.79 Å². The number of nitrogens with two attached hydrogens (primary N) is 2. The molecule has 0 aromatic heterocycles. The lowest BCUT2D eigenvalue weighted by Crippen LogP contribution is -2.61. The Labute approximate surface area is 189 Å². The average molecular weight is 435 g/mol. The van der Waals surface area contributed by atoms with Gasteiger partial charge in [-0.15, -0.1) is 0 Å². The van der Waals surface area contributed by atoms with Gasteiger partial charge in [0.05, 0.1) is 25.4 Å². The number of ether oxygens (including phenoxy) is 2. The van der Waals surface area contributed by atoms with Crippen molar-refractivity contribution < 1.29 is 14.3 Å². The highest BCUT2D eigenvalue weighted by Gasteiger charge is 2.66. The molecule has 0 aliphatic heterocycles. The van der Waals surface area contributed by atoms with E-state index in [0.29, 0.717) is 73.7 Å². The number of Topliss-reactive ketones (excluding diaryl/α,β-unsaturated/α-hetero) is 1. The number of rotatable bonds is 7. The van der Waals surface area contributed by atoms with E-state index >= 15 is 0 Å². The van der Waals surface area contributed by atoms with E-state index in [4.69, 9.17) is 20.9 Å². The Hall–Kier alpha value is -0.490. The third kappa shape index (κ3) is 3.82. The van der Waals surface area contributed by atoms with Crippen LogP contribution in [0.2, 0.25) is 0 Å². The zero-order valence-electron chi connectivity index (χ0n) is 20.3. The van der Waals surface area contributed by atoms with Crippen molar-refractivity contribution in [1.82, 2.24) is 0 Å². The predicted octanol–water partition coefficient (Wildman–Crippen LogP) is 3.78. The van der Waals surface area contributed by atoms with Crippen molar-refractivity contribution in [3.8, 4) is 0 Å². The highest BCUT2D eigenvalue weighted by molar-refractivity contribution is 5.87. The van der Waals surface area contributed by atoms with Gasteiger partial charge < -0.3 is 20.9 Å². The molecule has 0 radical (unpaired) electrons. The largest absolute Gasteiger partial charge is 0.377 e. The van der Waals surface area contributed by atoms with Crippen molar-refractivity contribution in [3.05, 3.63) is 0 Å². The van der Waals surface area contributed by atoms with Gasteiger partial charge in [-0.25, -0.2) is 0 Å². The summed E-state index contributed by atoms with van der Waals surface area (Å²) in [5.41, 5.74) is 11.6. The molecule has 5 nitrogen and oxygen atoms in total. The van der Waals surface area contributed by atoms with Gasteiger partial charge in [-0.05, 0) is 79.4 Å². The second-order valence-electron chi connectivity index (χ2n) is 11.8. The summed E-state index contributed by atoms with van der Waals surface area (Å²) in [6.07, 6.45) is 8.05. The van der Waals surface area contributed by atoms with Gasteiger partial charge in [0, 0.05) is 24.9 Å². The fourth-order valence-electron chi connectivity index (χ4n) is 8.75. The van der Waals surface area contributed by atoms with Crippen LogP contribution in [0, 0.1) is 46.3 Å². The zero-order valence-corrected chi connectivity index (χ0v) is 20.3. The fourth-order valence-corrected chi connectivity index (χ4v) is 8.75. The summed E-state index contributed by atoms with van der Waals surface area (Å²) in [6.45, 7) is 11.8. The maximum atomic E-state index is 13.8. The van der Waals surface area contributed by atoms with Gasteiger partial charge in [-0.2, -0.15) is 0 Å². The minimum Gasteiger partial charge on any atom is -0.377 e. The van der Waals surface area contributed by atoms with Crippen molar-refractivity contribution in [2.45, 2.75) is 84.8 Å². The summed E-state index contributed by atoms with van der Waals surface area (Å²) in [4.78, 5) is 13.8. The molecular weight excluding hydrogens is 388 g/mol. The Bertz CT molecular complexity index is 655. The van der Waals surface area contributed by atoms with E-state index in [9.17, 15) is 4.79 Å². The standard InChI is InChI=1S/C26H46N2O3/c1-16(2)19-5-6-20-24-21(15-23(29)26(19,20)4)25(3)8-7-18(30-11-9-27)13-17(25)14-22(24)31-12-10-28/h16-22,24H,5-15,27-28H2,1-4H3/t17?,18-,19-,20+,21+,22-,24?,25+,26-/m1/s1. The Morgan fingerprint density at radius 1 is 1.00 bits per heavy atom. The Kier molecular flexibility index (Phi) is 6.90. The van der Waals surface area contributed by atoms with Gasteiger partial charge in [0.1, 0.15) is 5.78 Å². The van der Waals surface area contributed by atoms with Gasteiger partial charge in [0.25, 0.3) is 0 Å². The monoisotopic (exact) mass is 434 g/mol. The van der Waals surface area contributed by atoms with Crippen LogP contribution in [0.5, 0.6) is 0 Å². The number of hydrogen-bond acceptors (Lipinski definition) is 5. The van der Waals surface area contributed by atoms with E-state index in [1.165, 1.54) is 12.8 Å². The molecule has 4 aliphatic carbocycles. The first-order valence-corrected chi connectivity index (χ1v) is 12.9. The van der Waals surface area contributed by atoms with E-state index in [1.54, 1.807) is 0 Å². The third-order valence-corrected chi connectivity index (χ3v) is 10.3. The topological polar surface area (TPSA) is 87.6 Å². The van der Waals surface area contributed by atoms with E-state index in [-0.39, 0.29) is 16.9 Å². The number of fused-ring (bicyclic) bond motifs is 5. The summed E-state index contributed by atoms with van der Waals surface area (Å²) >= 11 is 0. The first-order valence-electron chi connectivity index (χ1n) is 12.9. The number of ketones is 1. The first-order chi connectivity index (χ1) is 14.8. The van der Waals surface area contributed by atoms with Crippen LogP contribution < -0.4 is 11.5 Å². The van der Waals surface area contributed by atoms with E-state index < -0.39 is 0 Å². The Morgan fingerprint density at radius 3 is 2.39 bits per heavy atom. The van der Waals surface area contributed by atoms with Crippen LogP contribution in [0.4, 0.5) is 0 Å².